The number of aryl methyl sites for hydroxylation is 1. The maximum atomic E-state index is 12.3. The minimum Gasteiger partial charge on any atom is -0.200 e. The molecule has 0 unspecified atom stereocenters. The summed E-state index contributed by atoms with van der Waals surface area (Å²) in [7, 11) is -2.17. The van der Waals surface area contributed by atoms with E-state index in [1.54, 1.807) is 24.3 Å². The van der Waals surface area contributed by atoms with Gasteiger partial charge in [0.25, 0.3) is 10.0 Å². The zero-order chi connectivity index (χ0) is 14.6. The smallest absolute Gasteiger partial charge is 0.200 e. The summed E-state index contributed by atoms with van der Waals surface area (Å²) in [5.74, 6) is 0. The third-order valence-electron chi connectivity index (χ3n) is 2.84. The van der Waals surface area contributed by atoms with Gasteiger partial charge >= 0.3 is 0 Å². The molecule has 0 amide bonds. The van der Waals surface area contributed by atoms with Gasteiger partial charge in [-0.05, 0) is 24.6 Å². The average molecular weight is 288 g/mol. The normalized spacial score (nSPS) is 11.7. The molecule has 5 heteroatoms. The molecule has 0 bridgehead atoms. The van der Waals surface area contributed by atoms with Crippen LogP contribution in [0.4, 0.5) is 0 Å². The fourth-order valence-electron chi connectivity index (χ4n) is 1.61. The topological polar surface area (TPSA) is 49.7 Å². The lowest BCUT2D eigenvalue weighted by atomic mass is 10.2. The lowest BCUT2D eigenvalue weighted by molar-refractivity contribution is 0.491. The molecule has 0 heterocycles. The van der Waals surface area contributed by atoms with Crippen LogP contribution in [0.1, 0.15) is 11.1 Å². The van der Waals surface area contributed by atoms with Gasteiger partial charge in [0.1, 0.15) is 0 Å². The minimum atomic E-state index is -3.59. The highest BCUT2D eigenvalue weighted by Crippen LogP contribution is 2.15. The Morgan fingerprint density at radius 3 is 2.20 bits per heavy atom. The zero-order valence-electron chi connectivity index (χ0n) is 11.4. The van der Waals surface area contributed by atoms with Crippen LogP contribution in [0.2, 0.25) is 0 Å². The van der Waals surface area contributed by atoms with Crippen LogP contribution in [0.15, 0.2) is 64.6 Å². The van der Waals surface area contributed by atoms with Crippen molar-refractivity contribution >= 4 is 16.2 Å². The van der Waals surface area contributed by atoms with Gasteiger partial charge in [-0.2, -0.15) is 17.9 Å². The molecule has 0 saturated carbocycles. The first-order valence-electron chi connectivity index (χ1n) is 6.15. The first-order chi connectivity index (χ1) is 9.50. The van der Waals surface area contributed by atoms with Crippen LogP contribution in [-0.2, 0) is 10.0 Å². The van der Waals surface area contributed by atoms with E-state index in [0.717, 1.165) is 15.5 Å². The Kier molecular flexibility index (Phi) is 4.20. The van der Waals surface area contributed by atoms with E-state index < -0.39 is 10.0 Å². The van der Waals surface area contributed by atoms with Crippen LogP contribution in [-0.4, -0.2) is 26.1 Å². The third-order valence-corrected chi connectivity index (χ3v) is 4.49. The molecule has 2 rings (SSSR count). The quantitative estimate of drug-likeness (QED) is 0.641. The van der Waals surface area contributed by atoms with Crippen molar-refractivity contribution in [3.05, 3.63) is 65.7 Å². The summed E-state index contributed by atoms with van der Waals surface area (Å²) in [6, 6.07) is 16.0. The summed E-state index contributed by atoms with van der Waals surface area (Å²) >= 11 is 0. The highest BCUT2D eigenvalue weighted by Gasteiger charge is 2.18. The second kappa shape index (κ2) is 5.88. The van der Waals surface area contributed by atoms with Crippen molar-refractivity contribution in [1.82, 2.24) is 4.41 Å². The molecule has 104 valence electrons. The van der Waals surface area contributed by atoms with Gasteiger partial charge in [0, 0.05) is 7.05 Å². The van der Waals surface area contributed by atoms with Gasteiger partial charge in [-0.15, -0.1) is 0 Å². The van der Waals surface area contributed by atoms with Crippen molar-refractivity contribution in [2.45, 2.75) is 11.8 Å². The highest BCUT2D eigenvalue weighted by molar-refractivity contribution is 7.89. The first kappa shape index (κ1) is 14.3. The van der Waals surface area contributed by atoms with E-state index in [0.29, 0.717) is 0 Å². The van der Waals surface area contributed by atoms with Gasteiger partial charge in [0.15, 0.2) is 0 Å². The van der Waals surface area contributed by atoms with Gasteiger partial charge in [-0.3, -0.25) is 0 Å². The molecule has 2 aromatic carbocycles. The van der Waals surface area contributed by atoms with Crippen LogP contribution in [0, 0.1) is 6.92 Å². The molecule has 0 radical (unpaired) electrons. The van der Waals surface area contributed by atoms with Crippen molar-refractivity contribution in [3.63, 3.8) is 0 Å². The monoisotopic (exact) mass is 288 g/mol. The number of sulfonamides is 1. The molecule has 0 spiro atoms. The standard InChI is InChI=1S/C15H16N2O2S/c1-13-8-10-15(11-9-13)20(18,19)17(2)16-12-14-6-4-3-5-7-14/h3-12H,1-2H3/b16-12+. The summed E-state index contributed by atoms with van der Waals surface area (Å²) in [5.41, 5.74) is 1.86. The summed E-state index contributed by atoms with van der Waals surface area (Å²) in [6.45, 7) is 1.91. The van der Waals surface area contributed by atoms with E-state index in [1.807, 2.05) is 37.3 Å². The fraction of sp³-hybridized carbons (Fsp3) is 0.133. The van der Waals surface area contributed by atoms with E-state index in [2.05, 4.69) is 5.10 Å². The Labute approximate surface area is 119 Å². The van der Waals surface area contributed by atoms with E-state index in [4.69, 9.17) is 0 Å². The summed E-state index contributed by atoms with van der Waals surface area (Å²) in [6.07, 6.45) is 1.52. The molecular formula is C15H16N2O2S. The Morgan fingerprint density at radius 1 is 1.00 bits per heavy atom. The number of rotatable bonds is 4. The number of hydrogen-bond donors (Lipinski definition) is 0. The minimum absolute atomic E-state index is 0.232. The first-order valence-corrected chi connectivity index (χ1v) is 7.59. The van der Waals surface area contributed by atoms with Crippen molar-refractivity contribution < 1.29 is 8.42 Å². The molecule has 0 atom stereocenters. The molecule has 4 nitrogen and oxygen atoms in total. The Bertz CT molecular complexity index is 692. The fourth-order valence-corrected chi connectivity index (χ4v) is 2.57. The predicted octanol–water partition coefficient (Wildman–Crippen LogP) is 2.65. The molecule has 0 aliphatic rings. The van der Waals surface area contributed by atoms with Crippen LogP contribution in [0.25, 0.3) is 0 Å². The van der Waals surface area contributed by atoms with Crippen LogP contribution in [0.3, 0.4) is 0 Å². The van der Waals surface area contributed by atoms with Crippen LogP contribution >= 0.6 is 0 Å². The van der Waals surface area contributed by atoms with Gasteiger partial charge < -0.3 is 0 Å². The summed E-state index contributed by atoms with van der Waals surface area (Å²) in [4.78, 5) is 0.232. The highest BCUT2D eigenvalue weighted by atomic mass is 32.2. The molecule has 0 aliphatic heterocycles. The predicted molar refractivity (Wildman–Crippen MR) is 80.2 cm³/mol. The van der Waals surface area contributed by atoms with Crippen molar-refractivity contribution in [2.24, 2.45) is 5.10 Å². The molecule has 0 aliphatic carbocycles. The molecule has 0 aromatic heterocycles. The van der Waals surface area contributed by atoms with Crippen LogP contribution in [0.5, 0.6) is 0 Å². The molecule has 20 heavy (non-hydrogen) atoms. The molecule has 2 aromatic rings. The van der Waals surface area contributed by atoms with Crippen LogP contribution < -0.4 is 0 Å². The second-order valence-electron chi connectivity index (χ2n) is 4.41. The number of hydrogen-bond acceptors (Lipinski definition) is 3. The maximum absolute atomic E-state index is 12.3. The van der Waals surface area contributed by atoms with E-state index >= 15 is 0 Å². The van der Waals surface area contributed by atoms with Gasteiger partial charge in [0.05, 0.1) is 11.1 Å². The Hall–Kier alpha value is -2.14. The van der Waals surface area contributed by atoms with Gasteiger partial charge in [-0.25, -0.2) is 0 Å². The van der Waals surface area contributed by atoms with Crippen molar-refractivity contribution in [1.29, 1.82) is 0 Å². The largest absolute Gasteiger partial charge is 0.278 e. The molecular weight excluding hydrogens is 272 g/mol. The van der Waals surface area contributed by atoms with Crippen molar-refractivity contribution in [2.75, 3.05) is 7.05 Å². The SMILES string of the molecule is Cc1ccc(S(=O)(=O)N(C)/N=C/c2ccccc2)cc1. The number of hydrazone groups is 1. The molecule has 0 N–H and O–H groups in total. The second-order valence-corrected chi connectivity index (χ2v) is 6.36. The van der Waals surface area contributed by atoms with Gasteiger partial charge in [-0.1, -0.05) is 48.0 Å². The van der Waals surface area contributed by atoms with Gasteiger partial charge in [0.2, 0.25) is 0 Å². The third kappa shape index (κ3) is 3.24. The average Bonchev–Trinajstić information content (AvgIpc) is 2.46. The van der Waals surface area contributed by atoms with E-state index in [-0.39, 0.29) is 4.90 Å². The summed E-state index contributed by atoms with van der Waals surface area (Å²) < 4.78 is 25.5. The van der Waals surface area contributed by atoms with E-state index in [9.17, 15) is 8.42 Å². The molecule has 0 fully saturated rings. The molecule has 0 saturated heterocycles. The maximum Gasteiger partial charge on any atom is 0.278 e. The lowest BCUT2D eigenvalue weighted by Gasteiger charge is -2.13. The van der Waals surface area contributed by atoms with E-state index in [1.165, 1.54) is 13.3 Å². The Balaban J connectivity index is 2.21. The Morgan fingerprint density at radius 2 is 1.60 bits per heavy atom. The summed E-state index contributed by atoms with van der Waals surface area (Å²) in [5, 5.41) is 3.99. The number of nitrogens with zero attached hydrogens (tertiary/aromatic N) is 2. The number of benzene rings is 2. The zero-order valence-corrected chi connectivity index (χ0v) is 12.2. The van der Waals surface area contributed by atoms with Crippen molar-refractivity contribution in [3.8, 4) is 0 Å². The lowest BCUT2D eigenvalue weighted by Crippen LogP contribution is -2.21.